The van der Waals surface area contributed by atoms with Gasteiger partial charge in [0.25, 0.3) is 0 Å². The van der Waals surface area contributed by atoms with Crippen molar-refractivity contribution in [2.45, 2.75) is 40.7 Å². The third-order valence-electron chi connectivity index (χ3n) is 2.88. The quantitative estimate of drug-likeness (QED) is 0.717. The van der Waals surface area contributed by atoms with Gasteiger partial charge >= 0.3 is 0 Å². The lowest BCUT2D eigenvalue weighted by Gasteiger charge is -2.15. The minimum Gasteiger partial charge on any atom is -0.301 e. The van der Waals surface area contributed by atoms with Crippen LogP contribution >= 0.6 is 11.6 Å². The summed E-state index contributed by atoms with van der Waals surface area (Å²) >= 11 is 6.12. The van der Waals surface area contributed by atoms with Gasteiger partial charge in [0.1, 0.15) is 5.15 Å². The van der Waals surface area contributed by atoms with E-state index in [1.807, 2.05) is 32.3 Å². The van der Waals surface area contributed by atoms with Crippen molar-refractivity contribution >= 4 is 23.5 Å². The number of amides is 1. The number of imidazole rings is 1. The number of carbonyl (C=O) groups is 1. The molecule has 1 aromatic rings. The molecule has 0 radical (unpaired) electrons. The van der Waals surface area contributed by atoms with Gasteiger partial charge in [-0.1, -0.05) is 32.4 Å². The van der Waals surface area contributed by atoms with E-state index in [1.54, 1.807) is 11.9 Å². The maximum Gasteiger partial charge on any atom is 0.231 e. The minimum atomic E-state index is 0.0353. The number of carbonyl (C=O) groups excluding carboxylic acids is 1. The largest absolute Gasteiger partial charge is 0.301 e. The Morgan fingerprint density at radius 3 is 2.59 bits per heavy atom. The molecule has 0 fully saturated rings. The first-order valence-corrected chi connectivity index (χ1v) is 6.40. The second kappa shape index (κ2) is 5.54. The van der Waals surface area contributed by atoms with Crippen LogP contribution in [0.3, 0.4) is 0 Å². The normalized spacial score (nSPS) is 19.3. The summed E-state index contributed by atoms with van der Waals surface area (Å²) in [4.78, 5) is 17.8. The molecule has 1 unspecified atom stereocenters. The average molecular weight is 258 g/mol. The van der Waals surface area contributed by atoms with Crippen LogP contribution in [0.4, 0.5) is 5.95 Å². The molecule has 4 nitrogen and oxygen atoms in total. The standard InChI is InChI=1S/C10H14ClN3O.C2H6/c1-6-4-5-14-8(11)7(2)12-10(14)13(3)9(6)15;1-2/h6H,4-5H2,1-3H3;1-2H3. The van der Waals surface area contributed by atoms with Crippen LogP contribution < -0.4 is 4.90 Å². The van der Waals surface area contributed by atoms with Gasteiger partial charge < -0.3 is 4.57 Å². The van der Waals surface area contributed by atoms with Gasteiger partial charge in [-0.25, -0.2) is 4.98 Å². The molecule has 0 saturated carbocycles. The summed E-state index contributed by atoms with van der Waals surface area (Å²) in [6.45, 7) is 8.55. The van der Waals surface area contributed by atoms with Crippen molar-refractivity contribution < 1.29 is 4.79 Å². The second-order valence-electron chi connectivity index (χ2n) is 4.03. The first-order valence-electron chi connectivity index (χ1n) is 6.02. The Morgan fingerprint density at radius 1 is 1.41 bits per heavy atom. The smallest absolute Gasteiger partial charge is 0.231 e. The molecular weight excluding hydrogens is 238 g/mol. The van der Waals surface area contributed by atoms with Crippen molar-refractivity contribution in [1.29, 1.82) is 0 Å². The number of anilines is 1. The van der Waals surface area contributed by atoms with Gasteiger partial charge in [-0.3, -0.25) is 9.69 Å². The number of rotatable bonds is 0. The predicted molar refractivity (Wildman–Crippen MR) is 70.5 cm³/mol. The summed E-state index contributed by atoms with van der Waals surface area (Å²) in [6.07, 6.45) is 0.811. The van der Waals surface area contributed by atoms with Crippen LogP contribution in [0.25, 0.3) is 0 Å². The molecule has 0 spiro atoms. The Bertz CT molecular complexity index is 414. The number of halogens is 1. The zero-order chi connectivity index (χ0) is 13.2. The van der Waals surface area contributed by atoms with Gasteiger partial charge in [-0.15, -0.1) is 0 Å². The van der Waals surface area contributed by atoms with Crippen LogP contribution in [0.1, 0.15) is 32.9 Å². The van der Waals surface area contributed by atoms with Gasteiger partial charge in [0, 0.05) is 19.5 Å². The summed E-state index contributed by atoms with van der Waals surface area (Å²) < 4.78 is 1.90. The monoisotopic (exact) mass is 257 g/mol. The fourth-order valence-electron chi connectivity index (χ4n) is 1.87. The highest BCUT2D eigenvalue weighted by Gasteiger charge is 2.28. The molecule has 0 aromatic carbocycles. The molecule has 2 rings (SSSR count). The zero-order valence-electron chi connectivity index (χ0n) is 11.1. The van der Waals surface area contributed by atoms with E-state index in [9.17, 15) is 4.79 Å². The molecule has 96 valence electrons. The van der Waals surface area contributed by atoms with Gasteiger partial charge in [0.05, 0.1) is 5.69 Å². The molecule has 1 aliphatic heterocycles. The third-order valence-corrected chi connectivity index (χ3v) is 3.36. The van der Waals surface area contributed by atoms with Gasteiger partial charge in [0.15, 0.2) is 0 Å². The fourth-order valence-corrected chi connectivity index (χ4v) is 2.07. The zero-order valence-corrected chi connectivity index (χ0v) is 11.9. The molecule has 1 atom stereocenters. The number of fused-ring (bicyclic) bond motifs is 1. The molecule has 1 aromatic heterocycles. The fraction of sp³-hybridized carbons (Fsp3) is 0.667. The molecule has 17 heavy (non-hydrogen) atoms. The Kier molecular flexibility index (Phi) is 4.57. The minimum absolute atomic E-state index is 0.0353. The second-order valence-corrected chi connectivity index (χ2v) is 4.38. The lowest BCUT2D eigenvalue weighted by atomic mass is 10.1. The van der Waals surface area contributed by atoms with Crippen LogP contribution in [0.15, 0.2) is 0 Å². The van der Waals surface area contributed by atoms with E-state index in [0.717, 1.165) is 18.7 Å². The summed E-state index contributed by atoms with van der Waals surface area (Å²) in [5, 5.41) is 0.638. The highest BCUT2D eigenvalue weighted by molar-refractivity contribution is 6.30. The predicted octanol–water partition coefficient (Wildman–Crippen LogP) is 2.87. The molecule has 0 aliphatic carbocycles. The summed E-state index contributed by atoms with van der Waals surface area (Å²) in [6, 6.07) is 0. The third kappa shape index (κ3) is 2.46. The van der Waals surface area contributed by atoms with E-state index in [2.05, 4.69) is 4.98 Å². The molecule has 1 amide bonds. The maximum absolute atomic E-state index is 11.9. The SMILES string of the molecule is CC.Cc1nc2n(c1Cl)CCC(C)C(=O)N2C. The van der Waals surface area contributed by atoms with Crippen LogP contribution in [-0.4, -0.2) is 22.5 Å². The van der Waals surface area contributed by atoms with E-state index in [0.29, 0.717) is 11.1 Å². The van der Waals surface area contributed by atoms with Gasteiger partial charge in [-0.2, -0.15) is 0 Å². The van der Waals surface area contributed by atoms with E-state index in [1.165, 1.54) is 0 Å². The summed E-state index contributed by atoms with van der Waals surface area (Å²) in [7, 11) is 1.75. The van der Waals surface area contributed by atoms with E-state index in [-0.39, 0.29) is 11.8 Å². The lowest BCUT2D eigenvalue weighted by molar-refractivity contribution is -0.121. The highest BCUT2D eigenvalue weighted by atomic mass is 35.5. The summed E-state index contributed by atoms with van der Waals surface area (Å²) in [5.41, 5.74) is 0.779. The molecule has 5 heteroatoms. The topological polar surface area (TPSA) is 38.1 Å². The number of hydrogen-bond acceptors (Lipinski definition) is 2. The van der Waals surface area contributed by atoms with Gasteiger partial charge in [0.2, 0.25) is 11.9 Å². The van der Waals surface area contributed by atoms with Crippen LogP contribution in [-0.2, 0) is 11.3 Å². The lowest BCUT2D eigenvalue weighted by Crippen LogP contribution is -2.31. The van der Waals surface area contributed by atoms with E-state index in [4.69, 9.17) is 11.6 Å². The number of hydrogen-bond donors (Lipinski definition) is 0. The number of aromatic nitrogens is 2. The van der Waals surface area contributed by atoms with Crippen molar-refractivity contribution in [2.75, 3.05) is 11.9 Å². The van der Waals surface area contributed by atoms with Crippen molar-refractivity contribution in [3.8, 4) is 0 Å². The van der Waals surface area contributed by atoms with E-state index >= 15 is 0 Å². The number of nitrogens with zero attached hydrogens (tertiary/aromatic N) is 3. The number of aryl methyl sites for hydroxylation is 1. The molecule has 0 saturated heterocycles. The van der Waals surface area contributed by atoms with Crippen molar-refractivity contribution in [3.63, 3.8) is 0 Å². The first-order chi connectivity index (χ1) is 8.02. The van der Waals surface area contributed by atoms with Crippen molar-refractivity contribution in [1.82, 2.24) is 9.55 Å². The van der Waals surface area contributed by atoms with Crippen molar-refractivity contribution in [2.24, 2.45) is 5.92 Å². The Morgan fingerprint density at radius 2 is 2.00 bits per heavy atom. The molecule has 2 heterocycles. The molecule has 0 N–H and O–H groups in total. The van der Waals surface area contributed by atoms with E-state index < -0.39 is 0 Å². The van der Waals surface area contributed by atoms with Crippen LogP contribution in [0.5, 0.6) is 0 Å². The average Bonchev–Trinajstić information content (AvgIpc) is 2.58. The molecular formula is C12H20ClN3O. The molecule has 1 aliphatic rings. The first kappa shape index (κ1) is 14.0. The Labute approximate surface area is 108 Å². The maximum atomic E-state index is 11.9. The molecule has 0 bridgehead atoms. The van der Waals surface area contributed by atoms with Gasteiger partial charge in [-0.05, 0) is 13.3 Å². The van der Waals surface area contributed by atoms with Crippen LogP contribution in [0.2, 0.25) is 5.15 Å². The Hall–Kier alpha value is -1.03. The van der Waals surface area contributed by atoms with Crippen molar-refractivity contribution in [3.05, 3.63) is 10.8 Å². The van der Waals surface area contributed by atoms with Crippen LogP contribution in [0, 0.1) is 12.8 Å². The highest BCUT2D eigenvalue weighted by Crippen LogP contribution is 2.28. The summed E-state index contributed by atoms with van der Waals surface area (Å²) in [5.74, 6) is 0.801. The Balaban J connectivity index is 0.000000686.